The van der Waals surface area contributed by atoms with Crippen molar-refractivity contribution in [3.8, 4) is 6.07 Å². The number of rotatable bonds is 2. The summed E-state index contributed by atoms with van der Waals surface area (Å²) in [5.74, 6) is 0. The van der Waals surface area contributed by atoms with E-state index in [1.54, 1.807) is 19.1 Å². The van der Waals surface area contributed by atoms with Crippen LogP contribution in [0.5, 0.6) is 0 Å². The summed E-state index contributed by atoms with van der Waals surface area (Å²) >= 11 is 0. The van der Waals surface area contributed by atoms with Crippen molar-refractivity contribution in [3.63, 3.8) is 0 Å². The second kappa shape index (κ2) is 5.22. The summed E-state index contributed by atoms with van der Waals surface area (Å²) in [6.07, 6.45) is -0.220. The topological polar surface area (TPSA) is 36.1 Å². The lowest BCUT2D eigenvalue weighted by Gasteiger charge is -2.03. The van der Waals surface area contributed by atoms with Crippen molar-refractivity contribution in [1.29, 1.82) is 5.26 Å². The van der Waals surface area contributed by atoms with Crippen molar-refractivity contribution < 1.29 is 13.2 Å². The molecule has 0 saturated carbocycles. The van der Waals surface area contributed by atoms with E-state index in [0.717, 1.165) is 6.92 Å². The molecule has 0 amide bonds. The minimum absolute atomic E-state index is 0.266. The number of halogens is 3. The Hall–Kier alpha value is -1.57. The highest BCUT2D eigenvalue weighted by Gasteiger charge is 2.31. The van der Waals surface area contributed by atoms with E-state index in [2.05, 4.69) is 4.99 Å². The summed E-state index contributed by atoms with van der Waals surface area (Å²) in [5.41, 5.74) is -1.30. The summed E-state index contributed by atoms with van der Waals surface area (Å²) in [4.78, 5) is 3.14. The van der Waals surface area contributed by atoms with Crippen molar-refractivity contribution in [3.05, 3.63) is 23.9 Å². The smallest absolute Gasteiger partial charge is 0.237 e. The zero-order valence-corrected chi connectivity index (χ0v) is 7.76. The lowest BCUT2D eigenvalue weighted by molar-refractivity contribution is -0.0592. The molecular formula is C9H9F3N2. The third kappa shape index (κ3) is 4.45. The normalized spacial score (nSPS) is 14.6. The predicted molar refractivity (Wildman–Crippen MR) is 47.7 cm³/mol. The molecule has 0 rings (SSSR count). The molecule has 0 bridgehead atoms. The van der Waals surface area contributed by atoms with Crippen LogP contribution >= 0.6 is 0 Å². The minimum atomic E-state index is -4.48. The summed E-state index contributed by atoms with van der Waals surface area (Å²) < 4.78 is 35.9. The monoisotopic (exact) mass is 202 g/mol. The molecule has 0 heterocycles. The lowest BCUT2D eigenvalue weighted by Crippen LogP contribution is -2.19. The Bertz CT molecular complexity index is 316. The van der Waals surface area contributed by atoms with Crippen LogP contribution < -0.4 is 0 Å². The van der Waals surface area contributed by atoms with E-state index in [1.807, 2.05) is 0 Å². The number of alkyl halides is 3. The zero-order valence-electron chi connectivity index (χ0n) is 7.76. The van der Waals surface area contributed by atoms with Gasteiger partial charge in [0.2, 0.25) is 0 Å². The molecule has 0 atom stereocenters. The number of aliphatic imine (C=N–C) groups is 1. The number of allylic oxidation sites excluding steroid dienone is 4. The SMILES string of the molecule is CC=C/C=C(/C#N)N=C(C)C(F)(F)F. The van der Waals surface area contributed by atoms with Gasteiger partial charge in [-0.2, -0.15) is 18.4 Å². The highest BCUT2D eigenvalue weighted by molar-refractivity contribution is 5.88. The van der Waals surface area contributed by atoms with Crippen LogP contribution in [0.1, 0.15) is 13.8 Å². The van der Waals surface area contributed by atoms with Crippen LogP contribution in [-0.2, 0) is 0 Å². The van der Waals surface area contributed by atoms with Gasteiger partial charge in [0.25, 0.3) is 0 Å². The van der Waals surface area contributed by atoms with Gasteiger partial charge in [-0.3, -0.25) is 0 Å². The molecule has 0 N–H and O–H groups in total. The summed E-state index contributed by atoms with van der Waals surface area (Å²) in [6.45, 7) is 2.51. The Morgan fingerprint density at radius 2 is 2.00 bits per heavy atom. The molecular weight excluding hydrogens is 193 g/mol. The van der Waals surface area contributed by atoms with Gasteiger partial charge in [-0.05, 0) is 19.9 Å². The molecule has 0 unspecified atom stereocenters. The molecule has 0 fully saturated rings. The molecule has 0 aromatic carbocycles. The molecule has 0 aromatic heterocycles. The molecule has 0 aliphatic heterocycles. The third-order valence-corrected chi connectivity index (χ3v) is 1.26. The van der Waals surface area contributed by atoms with Gasteiger partial charge in [-0.25, -0.2) is 4.99 Å². The van der Waals surface area contributed by atoms with E-state index in [4.69, 9.17) is 5.26 Å². The van der Waals surface area contributed by atoms with E-state index in [1.165, 1.54) is 12.2 Å². The van der Waals surface area contributed by atoms with Gasteiger partial charge in [0, 0.05) is 0 Å². The van der Waals surface area contributed by atoms with Crippen LogP contribution in [0.25, 0.3) is 0 Å². The molecule has 0 aliphatic carbocycles. The molecule has 2 nitrogen and oxygen atoms in total. The second-order valence-corrected chi connectivity index (χ2v) is 2.38. The first-order valence-electron chi connectivity index (χ1n) is 3.77. The first kappa shape index (κ1) is 12.4. The average Bonchev–Trinajstić information content (AvgIpc) is 2.10. The fraction of sp³-hybridized carbons (Fsp3) is 0.333. The van der Waals surface area contributed by atoms with Crippen LogP contribution in [-0.4, -0.2) is 11.9 Å². The van der Waals surface area contributed by atoms with Gasteiger partial charge in [-0.1, -0.05) is 12.2 Å². The Morgan fingerprint density at radius 1 is 1.43 bits per heavy atom. The maximum absolute atomic E-state index is 12.0. The molecule has 0 aromatic rings. The highest BCUT2D eigenvalue weighted by atomic mass is 19.4. The fourth-order valence-corrected chi connectivity index (χ4v) is 0.531. The van der Waals surface area contributed by atoms with Gasteiger partial charge in [0.1, 0.15) is 17.5 Å². The molecule has 0 spiro atoms. The first-order chi connectivity index (χ1) is 6.41. The Labute approximate surface area is 80.1 Å². The van der Waals surface area contributed by atoms with Gasteiger partial charge >= 0.3 is 6.18 Å². The maximum atomic E-state index is 12.0. The largest absolute Gasteiger partial charge is 0.429 e. The minimum Gasteiger partial charge on any atom is -0.237 e. The molecule has 76 valence electrons. The Morgan fingerprint density at radius 3 is 2.36 bits per heavy atom. The molecule has 0 radical (unpaired) electrons. The number of hydrogen-bond acceptors (Lipinski definition) is 2. The van der Waals surface area contributed by atoms with E-state index >= 15 is 0 Å². The van der Waals surface area contributed by atoms with Crippen LogP contribution in [0, 0.1) is 11.3 Å². The number of nitriles is 1. The van der Waals surface area contributed by atoms with Crippen LogP contribution in [0.3, 0.4) is 0 Å². The maximum Gasteiger partial charge on any atom is 0.429 e. The van der Waals surface area contributed by atoms with Crippen molar-refractivity contribution in [1.82, 2.24) is 0 Å². The average molecular weight is 202 g/mol. The van der Waals surface area contributed by atoms with Crippen molar-refractivity contribution >= 4 is 5.71 Å². The highest BCUT2D eigenvalue weighted by Crippen LogP contribution is 2.18. The van der Waals surface area contributed by atoms with Gasteiger partial charge in [-0.15, -0.1) is 0 Å². The van der Waals surface area contributed by atoms with E-state index in [9.17, 15) is 13.2 Å². The summed E-state index contributed by atoms with van der Waals surface area (Å²) in [6, 6.07) is 1.56. The summed E-state index contributed by atoms with van der Waals surface area (Å²) in [5, 5.41) is 8.44. The molecule has 0 aliphatic rings. The predicted octanol–water partition coefficient (Wildman–Crippen LogP) is 2.99. The summed E-state index contributed by atoms with van der Waals surface area (Å²) in [7, 11) is 0. The first-order valence-corrected chi connectivity index (χ1v) is 3.77. The van der Waals surface area contributed by atoms with Gasteiger partial charge < -0.3 is 0 Å². The fourth-order valence-electron chi connectivity index (χ4n) is 0.531. The quantitative estimate of drug-likeness (QED) is 0.385. The van der Waals surface area contributed by atoms with Crippen molar-refractivity contribution in [2.45, 2.75) is 20.0 Å². The second-order valence-electron chi connectivity index (χ2n) is 2.38. The van der Waals surface area contributed by atoms with Crippen LogP contribution in [0.2, 0.25) is 0 Å². The van der Waals surface area contributed by atoms with E-state index in [-0.39, 0.29) is 5.70 Å². The van der Waals surface area contributed by atoms with E-state index in [0.29, 0.717) is 0 Å². The molecule has 0 saturated heterocycles. The van der Waals surface area contributed by atoms with Gasteiger partial charge in [0.05, 0.1) is 0 Å². The van der Waals surface area contributed by atoms with Crippen molar-refractivity contribution in [2.75, 3.05) is 0 Å². The lowest BCUT2D eigenvalue weighted by atomic mass is 10.3. The Balaban J connectivity index is 4.88. The van der Waals surface area contributed by atoms with Crippen LogP contribution in [0.4, 0.5) is 13.2 Å². The third-order valence-electron chi connectivity index (χ3n) is 1.26. The number of hydrogen-bond donors (Lipinski definition) is 0. The Kier molecular flexibility index (Phi) is 4.64. The van der Waals surface area contributed by atoms with Gasteiger partial charge in [0.15, 0.2) is 0 Å². The standard InChI is InChI=1S/C9H9F3N2/c1-3-4-5-8(6-13)14-7(2)9(10,11)12/h3-5H,1-2H3/b4-3?,8-5-,14-7?. The number of nitrogens with zero attached hydrogens (tertiary/aromatic N) is 2. The van der Waals surface area contributed by atoms with Crippen LogP contribution in [0.15, 0.2) is 28.9 Å². The van der Waals surface area contributed by atoms with E-state index < -0.39 is 11.9 Å². The molecule has 14 heavy (non-hydrogen) atoms. The molecule has 5 heteroatoms. The van der Waals surface area contributed by atoms with Crippen molar-refractivity contribution in [2.24, 2.45) is 4.99 Å². The zero-order chi connectivity index (χ0) is 11.2.